The van der Waals surface area contributed by atoms with E-state index >= 15 is 0 Å². The minimum atomic E-state index is -0.474. The molecule has 1 N–H and O–H groups in total. The van der Waals surface area contributed by atoms with E-state index in [9.17, 15) is 4.79 Å². The van der Waals surface area contributed by atoms with Crippen molar-refractivity contribution in [3.8, 4) is 5.75 Å². The number of amidine groups is 1. The van der Waals surface area contributed by atoms with Crippen molar-refractivity contribution in [2.75, 3.05) is 6.54 Å². The van der Waals surface area contributed by atoms with E-state index in [4.69, 9.17) is 9.73 Å². The molecular weight excluding hydrogens is 412 g/mol. The van der Waals surface area contributed by atoms with Crippen LogP contribution in [0, 0.1) is 0 Å². The van der Waals surface area contributed by atoms with Crippen LogP contribution in [0.3, 0.4) is 0 Å². The van der Waals surface area contributed by atoms with E-state index < -0.39 is 6.04 Å². The molecule has 0 fully saturated rings. The Labute approximate surface area is 193 Å². The van der Waals surface area contributed by atoms with Gasteiger partial charge in [-0.2, -0.15) is 0 Å². The lowest BCUT2D eigenvalue weighted by Gasteiger charge is -2.29. The second-order valence-corrected chi connectivity index (χ2v) is 8.26. The molecule has 2 atom stereocenters. The SMILES string of the molecule is O=C1NC(Cc2ccc(OCc3ccccc3)cc2)=NC2C1N=CN2CCc1ccccc1. The third-order valence-electron chi connectivity index (χ3n) is 5.87. The lowest BCUT2D eigenvalue weighted by molar-refractivity contribution is -0.122. The number of hydrogen-bond donors (Lipinski definition) is 1. The van der Waals surface area contributed by atoms with Crippen molar-refractivity contribution in [1.82, 2.24) is 10.2 Å². The summed E-state index contributed by atoms with van der Waals surface area (Å²) in [6.45, 7) is 1.30. The minimum absolute atomic E-state index is 0.0914. The van der Waals surface area contributed by atoms with Crippen LogP contribution in [0.5, 0.6) is 5.75 Å². The Morgan fingerprint density at radius 1 is 0.848 bits per heavy atom. The maximum atomic E-state index is 12.6. The molecule has 2 aliphatic heterocycles. The lowest BCUT2D eigenvalue weighted by Crippen LogP contribution is -2.52. The Morgan fingerprint density at radius 3 is 2.27 bits per heavy atom. The average molecular weight is 439 g/mol. The van der Waals surface area contributed by atoms with Crippen molar-refractivity contribution in [3.63, 3.8) is 0 Å². The molecule has 33 heavy (non-hydrogen) atoms. The van der Waals surface area contributed by atoms with Gasteiger partial charge in [-0.1, -0.05) is 72.8 Å². The van der Waals surface area contributed by atoms with Crippen LogP contribution in [-0.2, 0) is 24.2 Å². The third kappa shape index (κ3) is 5.12. The molecule has 2 aliphatic rings. The Hall–Kier alpha value is -3.93. The fourth-order valence-electron chi connectivity index (χ4n) is 4.06. The molecule has 2 unspecified atom stereocenters. The third-order valence-corrected chi connectivity index (χ3v) is 5.87. The molecule has 3 aromatic carbocycles. The van der Waals surface area contributed by atoms with E-state index in [-0.39, 0.29) is 12.1 Å². The van der Waals surface area contributed by atoms with Gasteiger partial charge in [-0.15, -0.1) is 0 Å². The first-order valence-corrected chi connectivity index (χ1v) is 11.2. The number of benzene rings is 3. The summed E-state index contributed by atoms with van der Waals surface area (Å²) in [5, 5.41) is 2.93. The van der Waals surface area contributed by atoms with Crippen molar-refractivity contribution < 1.29 is 9.53 Å². The second kappa shape index (κ2) is 9.69. The van der Waals surface area contributed by atoms with Crippen molar-refractivity contribution in [3.05, 3.63) is 102 Å². The van der Waals surface area contributed by atoms with Crippen LogP contribution in [-0.4, -0.2) is 41.7 Å². The first kappa shape index (κ1) is 20.9. The number of carbonyl (C=O) groups is 1. The highest BCUT2D eigenvalue weighted by atomic mass is 16.5. The molecular formula is C27H26N4O2. The Kier molecular flexibility index (Phi) is 6.15. The van der Waals surface area contributed by atoms with Gasteiger partial charge in [0.15, 0.2) is 12.2 Å². The van der Waals surface area contributed by atoms with Crippen LogP contribution in [0.4, 0.5) is 0 Å². The number of nitrogens with zero attached hydrogens (tertiary/aromatic N) is 3. The summed E-state index contributed by atoms with van der Waals surface area (Å²) < 4.78 is 5.87. The summed E-state index contributed by atoms with van der Waals surface area (Å²) in [5.41, 5.74) is 3.45. The summed E-state index contributed by atoms with van der Waals surface area (Å²) in [5.74, 6) is 1.40. The molecule has 0 aromatic heterocycles. The molecule has 0 bridgehead atoms. The number of amides is 1. The maximum Gasteiger partial charge on any atom is 0.254 e. The quantitative estimate of drug-likeness (QED) is 0.584. The van der Waals surface area contributed by atoms with Crippen LogP contribution >= 0.6 is 0 Å². The number of ether oxygens (including phenoxy) is 1. The van der Waals surface area contributed by atoms with Crippen LogP contribution in [0.25, 0.3) is 0 Å². The Balaban J connectivity index is 1.20. The number of aliphatic imine (C=N–C) groups is 2. The fraction of sp³-hybridized carbons (Fsp3) is 0.222. The molecule has 0 aliphatic carbocycles. The largest absolute Gasteiger partial charge is 0.489 e. The Morgan fingerprint density at radius 2 is 1.55 bits per heavy atom. The molecule has 5 rings (SSSR count). The first-order valence-electron chi connectivity index (χ1n) is 11.2. The van der Waals surface area contributed by atoms with Gasteiger partial charge in [0.1, 0.15) is 18.2 Å². The van der Waals surface area contributed by atoms with E-state index in [0.717, 1.165) is 29.8 Å². The van der Waals surface area contributed by atoms with Gasteiger partial charge in [0.25, 0.3) is 5.91 Å². The monoisotopic (exact) mass is 438 g/mol. The summed E-state index contributed by atoms with van der Waals surface area (Å²) in [6.07, 6.45) is 2.93. The zero-order valence-electron chi connectivity index (χ0n) is 18.3. The topological polar surface area (TPSA) is 66.3 Å². The number of nitrogens with one attached hydrogen (secondary N) is 1. The second-order valence-electron chi connectivity index (χ2n) is 8.26. The molecule has 0 spiro atoms. The molecule has 2 heterocycles. The van der Waals surface area contributed by atoms with Crippen molar-refractivity contribution in [2.45, 2.75) is 31.7 Å². The van der Waals surface area contributed by atoms with E-state index in [2.05, 4.69) is 27.3 Å². The van der Waals surface area contributed by atoms with Gasteiger partial charge in [-0.3, -0.25) is 9.79 Å². The van der Waals surface area contributed by atoms with Gasteiger partial charge in [0.2, 0.25) is 0 Å². The van der Waals surface area contributed by atoms with E-state index in [1.54, 1.807) is 6.34 Å². The predicted octanol–water partition coefficient (Wildman–Crippen LogP) is 3.62. The number of rotatable bonds is 8. The molecule has 6 heteroatoms. The predicted molar refractivity (Wildman–Crippen MR) is 129 cm³/mol. The van der Waals surface area contributed by atoms with Gasteiger partial charge >= 0.3 is 0 Å². The van der Waals surface area contributed by atoms with Crippen LogP contribution in [0.15, 0.2) is 94.9 Å². The first-order chi connectivity index (χ1) is 16.2. The van der Waals surface area contributed by atoms with Gasteiger partial charge < -0.3 is 15.0 Å². The van der Waals surface area contributed by atoms with Crippen molar-refractivity contribution in [2.24, 2.45) is 9.98 Å². The summed E-state index contributed by atoms with van der Waals surface area (Å²) in [6, 6.07) is 27.9. The normalized spacial score (nSPS) is 19.1. The fourth-order valence-corrected chi connectivity index (χ4v) is 4.06. The zero-order valence-corrected chi connectivity index (χ0v) is 18.3. The van der Waals surface area contributed by atoms with Crippen LogP contribution in [0.2, 0.25) is 0 Å². The minimum Gasteiger partial charge on any atom is -0.489 e. The Bertz CT molecular complexity index is 1140. The molecule has 3 aromatic rings. The lowest BCUT2D eigenvalue weighted by atomic mass is 10.1. The number of hydrogen-bond acceptors (Lipinski definition) is 5. The molecule has 0 radical (unpaired) electrons. The van der Waals surface area contributed by atoms with E-state index in [1.807, 2.05) is 72.8 Å². The van der Waals surface area contributed by atoms with Crippen LogP contribution < -0.4 is 10.1 Å². The van der Waals surface area contributed by atoms with E-state index in [1.165, 1.54) is 5.56 Å². The summed E-state index contributed by atoms with van der Waals surface area (Å²) in [7, 11) is 0. The van der Waals surface area contributed by atoms with Crippen molar-refractivity contribution >= 4 is 18.1 Å². The van der Waals surface area contributed by atoms with Gasteiger partial charge in [-0.05, 0) is 35.2 Å². The summed E-state index contributed by atoms with van der Waals surface area (Å²) in [4.78, 5) is 23.9. The maximum absolute atomic E-state index is 12.6. The van der Waals surface area contributed by atoms with Gasteiger partial charge in [0, 0.05) is 13.0 Å². The standard InChI is InChI=1S/C27H26N4O2/c32-27-25-26(31(19-28-25)16-15-20-7-3-1-4-8-20)29-24(30-27)17-21-11-13-23(14-12-21)33-18-22-9-5-2-6-10-22/h1-14,19,25-26H,15-18H2,(H,29,30,32). The number of fused-ring (bicyclic) bond motifs is 1. The summed E-state index contributed by atoms with van der Waals surface area (Å²) >= 11 is 0. The smallest absolute Gasteiger partial charge is 0.254 e. The molecule has 0 saturated heterocycles. The highest BCUT2D eigenvalue weighted by molar-refractivity contribution is 6.04. The molecule has 6 nitrogen and oxygen atoms in total. The van der Waals surface area contributed by atoms with Crippen LogP contribution in [0.1, 0.15) is 16.7 Å². The highest BCUT2D eigenvalue weighted by Crippen LogP contribution is 2.21. The molecule has 0 saturated carbocycles. The average Bonchev–Trinajstić information content (AvgIpc) is 3.27. The zero-order chi connectivity index (χ0) is 22.5. The molecule has 166 valence electrons. The number of carbonyl (C=O) groups excluding carboxylic acids is 1. The van der Waals surface area contributed by atoms with Crippen molar-refractivity contribution in [1.29, 1.82) is 0 Å². The highest BCUT2D eigenvalue weighted by Gasteiger charge is 2.39. The van der Waals surface area contributed by atoms with E-state index in [0.29, 0.717) is 18.9 Å². The molecule has 1 amide bonds. The van der Waals surface area contributed by atoms with Gasteiger partial charge in [-0.25, -0.2) is 4.99 Å². The van der Waals surface area contributed by atoms with Gasteiger partial charge in [0.05, 0.1) is 6.34 Å².